The molecule has 0 aromatic heterocycles. The van der Waals surface area contributed by atoms with Gasteiger partial charge in [-0.3, -0.25) is 4.79 Å². The van der Waals surface area contributed by atoms with Gasteiger partial charge in [0, 0.05) is 6.54 Å². The molecule has 124 valence electrons. The van der Waals surface area contributed by atoms with Gasteiger partial charge in [-0.2, -0.15) is 0 Å². The first-order valence-corrected chi connectivity index (χ1v) is 8.97. The van der Waals surface area contributed by atoms with Crippen molar-refractivity contribution in [3.63, 3.8) is 0 Å². The highest BCUT2D eigenvalue weighted by Gasteiger charge is 2.19. The molecule has 0 bridgehead atoms. The summed E-state index contributed by atoms with van der Waals surface area (Å²) < 4.78 is 5.98. The number of rotatable bonds is 5. The van der Waals surface area contributed by atoms with Gasteiger partial charge in [0.15, 0.2) is 6.10 Å². The molecule has 0 spiro atoms. The van der Waals surface area contributed by atoms with Gasteiger partial charge >= 0.3 is 0 Å². The molecule has 23 heavy (non-hydrogen) atoms. The van der Waals surface area contributed by atoms with Crippen molar-refractivity contribution in [1.29, 1.82) is 0 Å². The maximum absolute atomic E-state index is 12.3. The van der Waals surface area contributed by atoms with Crippen LogP contribution in [0.3, 0.4) is 0 Å². The molecule has 3 nitrogen and oxygen atoms in total. The first kappa shape index (κ1) is 16.1. The third-order valence-electron chi connectivity index (χ3n) is 4.90. The van der Waals surface area contributed by atoms with Crippen LogP contribution in [-0.4, -0.2) is 18.6 Å². The van der Waals surface area contributed by atoms with Crippen LogP contribution in [-0.2, 0) is 17.6 Å². The Kier molecular flexibility index (Phi) is 5.37. The second-order valence-electron chi connectivity index (χ2n) is 6.69. The molecule has 1 amide bonds. The smallest absolute Gasteiger partial charge is 0.261 e. The number of amides is 1. The maximum atomic E-state index is 12.3. The molecule has 1 aromatic rings. The summed E-state index contributed by atoms with van der Waals surface area (Å²) >= 11 is 0. The number of hydrogen-bond donors (Lipinski definition) is 1. The van der Waals surface area contributed by atoms with E-state index in [1.54, 1.807) is 0 Å². The lowest BCUT2D eigenvalue weighted by atomic mass is 9.91. The minimum Gasteiger partial charge on any atom is -0.481 e. The highest BCUT2D eigenvalue weighted by molar-refractivity contribution is 5.81. The Morgan fingerprint density at radius 1 is 1.17 bits per heavy atom. The van der Waals surface area contributed by atoms with Crippen molar-refractivity contribution >= 4 is 5.91 Å². The lowest BCUT2D eigenvalue weighted by Gasteiger charge is -2.22. The highest BCUT2D eigenvalue weighted by atomic mass is 16.5. The molecule has 1 N–H and O–H groups in total. The van der Waals surface area contributed by atoms with E-state index in [0.29, 0.717) is 6.54 Å². The summed E-state index contributed by atoms with van der Waals surface area (Å²) in [6, 6.07) is 6.22. The number of carbonyl (C=O) groups is 1. The van der Waals surface area contributed by atoms with E-state index in [1.807, 2.05) is 19.1 Å². The van der Waals surface area contributed by atoms with Gasteiger partial charge in [0.1, 0.15) is 5.75 Å². The molecule has 0 saturated heterocycles. The topological polar surface area (TPSA) is 38.3 Å². The summed E-state index contributed by atoms with van der Waals surface area (Å²) in [6.45, 7) is 2.51. The van der Waals surface area contributed by atoms with E-state index >= 15 is 0 Å². The van der Waals surface area contributed by atoms with Gasteiger partial charge in [0.2, 0.25) is 0 Å². The lowest BCUT2D eigenvalue weighted by molar-refractivity contribution is -0.127. The van der Waals surface area contributed by atoms with Gasteiger partial charge in [0.25, 0.3) is 5.91 Å². The second-order valence-corrected chi connectivity index (χ2v) is 6.69. The van der Waals surface area contributed by atoms with Crippen molar-refractivity contribution in [2.24, 2.45) is 0 Å². The van der Waals surface area contributed by atoms with E-state index in [1.165, 1.54) is 42.4 Å². The predicted octanol–water partition coefficient (Wildman–Crippen LogP) is 3.95. The molecule has 2 aliphatic carbocycles. The zero-order chi connectivity index (χ0) is 16.1. The average molecular weight is 313 g/mol. The molecule has 0 fully saturated rings. The Labute approximate surface area is 139 Å². The Morgan fingerprint density at radius 2 is 2.00 bits per heavy atom. The van der Waals surface area contributed by atoms with Crippen LogP contribution >= 0.6 is 0 Å². The Morgan fingerprint density at radius 3 is 2.83 bits per heavy atom. The summed E-state index contributed by atoms with van der Waals surface area (Å²) in [5.41, 5.74) is 4.04. The molecule has 0 radical (unpaired) electrons. The molecule has 2 aliphatic rings. The molecule has 0 aliphatic heterocycles. The van der Waals surface area contributed by atoms with Gasteiger partial charge in [0.05, 0.1) is 0 Å². The van der Waals surface area contributed by atoms with Crippen molar-refractivity contribution in [2.45, 2.75) is 64.4 Å². The van der Waals surface area contributed by atoms with Gasteiger partial charge in [-0.1, -0.05) is 23.8 Å². The molecule has 0 unspecified atom stereocenters. The largest absolute Gasteiger partial charge is 0.481 e. The van der Waals surface area contributed by atoms with Crippen LogP contribution in [0.25, 0.3) is 0 Å². The van der Waals surface area contributed by atoms with Crippen molar-refractivity contribution < 1.29 is 9.53 Å². The monoisotopic (exact) mass is 313 g/mol. The minimum atomic E-state index is -0.451. The van der Waals surface area contributed by atoms with Crippen molar-refractivity contribution in [2.75, 3.05) is 6.54 Å². The Bertz CT molecular complexity index is 591. The molecule has 0 saturated carbocycles. The van der Waals surface area contributed by atoms with Gasteiger partial charge < -0.3 is 10.1 Å². The summed E-state index contributed by atoms with van der Waals surface area (Å²) in [4.78, 5) is 12.3. The van der Waals surface area contributed by atoms with E-state index in [4.69, 9.17) is 4.74 Å². The van der Waals surface area contributed by atoms with Gasteiger partial charge in [-0.05, 0) is 75.5 Å². The van der Waals surface area contributed by atoms with E-state index in [0.717, 1.165) is 31.4 Å². The lowest BCUT2D eigenvalue weighted by Crippen LogP contribution is -2.37. The van der Waals surface area contributed by atoms with Crippen LogP contribution in [0.1, 0.15) is 56.6 Å². The first-order valence-electron chi connectivity index (χ1n) is 8.97. The molecule has 1 atom stereocenters. The molecular formula is C20H27NO2. The summed E-state index contributed by atoms with van der Waals surface area (Å²) in [7, 11) is 0. The minimum absolute atomic E-state index is 0.0233. The normalized spacial score (nSPS) is 18.6. The summed E-state index contributed by atoms with van der Waals surface area (Å²) in [5, 5.41) is 3.02. The van der Waals surface area contributed by atoms with Crippen LogP contribution in [0.2, 0.25) is 0 Å². The Hall–Kier alpha value is -1.77. The van der Waals surface area contributed by atoms with E-state index in [2.05, 4.69) is 17.5 Å². The fraction of sp³-hybridized carbons (Fsp3) is 0.550. The predicted molar refractivity (Wildman–Crippen MR) is 92.7 cm³/mol. The summed E-state index contributed by atoms with van der Waals surface area (Å²) in [5.74, 6) is 0.867. The van der Waals surface area contributed by atoms with Crippen LogP contribution in [0, 0.1) is 0 Å². The first-order chi connectivity index (χ1) is 11.2. The zero-order valence-electron chi connectivity index (χ0n) is 14.1. The highest BCUT2D eigenvalue weighted by Crippen LogP contribution is 2.30. The number of fused-ring (bicyclic) bond motifs is 1. The molecule has 3 heteroatoms. The second kappa shape index (κ2) is 7.67. The van der Waals surface area contributed by atoms with Gasteiger partial charge in [-0.25, -0.2) is 0 Å². The van der Waals surface area contributed by atoms with E-state index in [-0.39, 0.29) is 5.91 Å². The fourth-order valence-corrected chi connectivity index (χ4v) is 3.51. The number of hydrogen-bond acceptors (Lipinski definition) is 2. The number of nitrogens with one attached hydrogen (secondary N) is 1. The van der Waals surface area contributed by atoms with E-state index in [9.17, 15) is 4.79 Å². The third kappa shape index (κ3) is 4.15. The maximum Gasteiger partial charge on any atom is 0.261 e. The number of carbonyl (C=O) groups excluding carboxylic acids is 1. The van der Waals surface area contributed by atoms with Crippen LogP contribution in [0.4, 0.5) is 0 Å². The number of aryl methyl sites for hydroxylation is 1. The molecule has 0 heterocycles. The van der Waals surface area contributed by atoms with Crippen LogP contribution in [0.15, 0.2) is 29.8 Å². The van der Waals surface area contributed by atoms with Crippen LogP contribution < -0.4 is 10.1 Å². The standard InChI is InChI=1S/C20H27NO2/c1-15(20(22)21-14-16-8-3-2-4-9-16)23-19-13-7-11-17-10-5-6-12-18(17)19/h7-8,11,13,15H,2-6,9-10,12,14H2,1H3,(H,21,22)/t15-/m0/s1. The number of benzene rings is 1. The van der Waals surface area contributed by atoms with Crippen molar-refractivity contribution in [3.8, 4) is 5.75 Å². The van der Waals surface area contributed by atoms with Crippen molar-refractivity contribution in [1.82, 2.24) is 5.32 Å². The number of ether oxygens (including phenoxy) is 1. The van der Waals surface area contributed by atoms with E-state index < -0.39 is 6.10 Å². The van der Waals surface area contributed by atoms with Crippen LogP contribution in [0.5, 0.6) is 5.75 Å². The average Bonchev–Trinajstić information content (AvgIpc) is 2.61. The fourth-order valence-electron chi connectivity index (χ4n) is 3.51. The molecule has 3 rings (SSSR count). The quantitative estimate of drug-likeness (QED) is 0.836. The third-order valence-corrected chi connectivity index (χ3v) is 4.90. The summed E-state index contributed by atoms with van der Waals surface area (Å²) in [6.07, 6.45) is 11.2. The number of allylic oxidation sites excluding steroid dienone is 1. The van der Waals surface area contributed by atoms with Gasteiger partial charge in [-0.15, -0.1) is 0 Å². The zero-order valence-corrected chi connectivity index (χ0v) is 14.1. The SMILES string of the molecule is C[C@H](Oc1cccc2c1CCCC2)C(=O)NCC1=CCCCC1. The molecular weight excluding hydrogens is 286 g/mol. The van der Waals surface area contributed by atoms with Crippen molar-refractivity contribution in [3.05, 3.63) is 41.0 Å². The molecule has 1 aromatic carbocycles. The Balaban J connectivity index is 1.57.